The van der Waals surface area contributed by atoms with Crippen molar-refractivity contribution in [3.63, 3.8) is 0 Å². The van der Waals surface area contributed by atoms with Crippen molar-refractivity contribution in [2.24, 2.45) is 5.92 Å². The standard InChI is InChI=1S/C21H19FN4O2/c22-15-7-3-13(4-8-15)19-25-18-10-6-14(5-9-17(18)21(28)26-19)20(27)24-16-2-1-11-23-12-16/h1-4,7-8,11-12,14H,5-6,9-10H2,(H,24,27)(H,25,26,28). The first-order valence-electron chi connectivity index (χ1n) is 9.19. The van der Waals surface area contributed by atoms with Gasteiger partial charge in [0.1, 0.15) is 11.6 Å². The summed E-state index contributed by atoms with van der Waals surface area (Å²) in [6, 6.07) is 9.39. The normalized spacial score (nSPS) is 16.1. The highest BCUT2D eigenvalue weighted by Gasteiger charge is 2.25. The van der Waals surface area contributed by atoms with Crippen LogP contribution in [0.5, 0.6) is 0 Å². The zero-order chi connectivity index (χ0) is 19.5. The number of pyridine rings is 1. The van der Waals surface area contributed by atoms with E-state index < -0.39 is 0 Å². The predicted molar refractivity (Wildman–Crippen MR) is 103 cm³/mol. The Hall–Kier alpha value is -3.35. The van der Waals surface area contributed by atoms with E-state index in [1.165, 1.54) is 12.1 Å². The molecule has 2 N–H and O–H groups in total. The van der Waals surface area contributed by atoms with E-state index in [2.05, 4.69) is 20.3 Å². The number of anilines is 1. The Balaban J connectivity index is 1.54. The SMILES string of the molecule is O=C(Nc1cccnc1)C1CCc2nc(-c3ccc(F)cc3)[nH]c(=O)c2CC1. The fourth-order valence-electron chi connectivity index (χ4n) is 3.47. The Morgan fingerprint density at radius 3 is 2.68 bits per heavy atom. The molecule has 1 aromatic carbocycles. The van der Waals surface area contributed by atoms with Crippen LogP contribution in [0.15, 0.2) is 53.6 Å². The Morgan fingerprint density at radius 2 is 1.93 bits per heavy atom. The number of aromatic amines is 1. The summed E-state index contributed by atoms with van der Waals surface area (Å²) >= 11 is 0. The van der Waals surface area contributed by atoms with Gasteiger partial charge in [-0.1, -0.05) is 0 Å². The van der Waals surface area contributed by atoms with Gasteiger partial charge in [-0.25, -0.2) is 9.37 Å². The third-order valence-corrected chi connectivity index (χ3v) is 4.99. The predicted octanol–water partition coefficient (Wildman–Crippen LogP) is 3.10. The van der Waals surface area contributed by atoms with Gasteiger partial charge in [-0.15, -0.1) is 0 Å². The molecule has 0 fully saturated rings. The van der Waals surface area contributed by atoms with Crippen LogP contribution in [-0.4, -0.2) is 20.9 Å². The molecular weight excluding hydrogens is 359 g/mol. The number of carbonyl (C=O) groups excluding carboxylic acids is 1. The molecule has 2 aromatic heterocycles. The first-order chi connectivity index (χ1) is 13.6. The topological polar surface area (TPSA) is 87.7 Å². The van der Waals surface area contributed by atoms with Crippen molar-refractivity contribution in [3.05, 3.63) is 76.2 Å². The van der Waals surface area contributed by atoms with Crippen LogP contribution >= 0.6 is 0 Å². The number of rotatable bonds is 3. The molecule has 1 aliphatic carbocycles. The highest BCUT2D eigenvalue weighted by molar-refractivity contribution is 5.92. The summed E-state index contributed by atoms with van der Waals surface area (Å²) in [6.07, 6.45) is 5.47. The first kappa shape index (κ1) is 18.0. The van der Waals surface area contributed by atoms with Gasteiger partial charge in [0, 0.05) is 23.2 Å². The number of amides is 1. The molecule has 0 radical (unpaired) electrons. The zero-order valence-corrected chi connectivity index (χ0v) is 15.1. The number of aromatic nitrogens is 3. The summed E-state index contributed by atoms with van der Waals surface area (Å²) in [4.78, 5) is 36.5. The van der Waals surface area contributed by atoms with Crippen LogP contribution in [0.3, 0.4) is 0 Å². The van der Waals surface area contributed by atoms with E-state index in [4.69, 9.17) is 0 Å². The van der Waals surface area contributed by atoms with Gasteiger partial charge in [0.2, 0.25) is 5.91 Å². The van der Waals surface area contributed by atoms with Gasteiger partial charge in [0.25, 0.3) is 5.56 Å². The van der Waals surface area contributed by atoms with Gasteiger partial charge in [0.05, 0.1) is 17.6 Å². The van der Waals surface area contributed by atoms with Gasteiger partial charge in [0.15, 0.2) is 0 Å². The van der Waals surface area contributed by atoms with Crippen LogP contribution in [0.2, 0.25) is 0 Å². The van der Waals surface area contributed by atoms with Crippen LogP contribution in [0.25, 0.3) is 11.4 Å². The molecule has 142 valence electrons. The monoisotopic (exact) mass is 378 g/mol. The molecule has 3 aromatic rings. The van der Waals surface area contributed by atoms with E-state index in [9.17, 15) is 14.0 Å². The lowest BCUT2D eigenvalue weighted by atomic mass is 9.99. The minimum Gasteiger partial charge on any atom is -0.324 e. The summed E-state index contributed by atoms with van der Waals surface area (Å²) < 4.78 is 13.1. The van der Waals surface area contributed by atoms with Gasteiger partial charge in [-0.3, -0.25) is 14.6 Å². The third kappa shape index (κ3) is 3.83. The number of benzene rings is 1. The van der Waals surface area contributed by atoms with Crippen LogP contribution in [0.1, 0.15) is 24.1 Å². The van der Waals surface area contributed by atoms with Crippen LogP contribution in [0.4, 0.5) is 10.1 Å². The average Bonchev–Trinajstić information content (AvgIpc) is 2.92. The number of hydrogen-bond donors (Lipinski definition) is 2. The number of nitrogens with zero attached hydrogens (tertiary/aromatic N) is 2. The number of halogens is 1. The Kier molecular flexibility index (Phi) is 4.97. The van der Waals surface area contributed by atoms with Crippen LogP contribution in [-0.2, 0) is 17.6 Å². The van der Waals surface area contributed by atoms with Gasteiger partial charge < -0.3 is 10.3 Å². The van der Waals surface area contributed by atoms with Gasteiger partial charge in [-0.2, -0.15) is 0 Å². The largest absolute Gasteiger partial charge is 0.324 e. The summed E-state index contributed by atoms with van der Waals surface area (Å²) in [5.41, 5.74) is 2.44. The zero-order valence-electron chi connectivity index (χ0n) is 15.1. The highest BCUT2D eigenvalue weighted by atomic mass is 19.1. The highest BCUT2D eigenvalue weighted by Crippen LogP contribution is 2.24. The first-order valence-corrected chi connectivity index (χ1v) is 9.19. The molecule has 2 heterocycles. The van der Waals surface area contributed by atoms with E-state index in [0.717, 1.165) is 0 Å². The fourth-order valence-corrected chi connectivity index (χ4v) is 3.47. The molecule has 1 atom stereocenters. The number of aryl methyl sites for hydroxylation is 1. The minimum atomic E-state index is -0.344. The maximum absolute atomic E-state index is 13.1. The van der Waals surface area contributed by atoms with E-state index >= 15 is 0 Å². The summed E-state index contributed by atoms with van der Waals surface area (Å²) in [5, 5.41) is 2.88. The summed E-state index contributed by atoms with van der Waals surface area (Å²) in [7, 11) is 0. The van der Waals surface area contributed by atoms with E-state index in [1.807, 2.05) is 0 Å². The lowest BCUT2D eigenvalue weighted by Gasteiger charge is -2.13. The minimum absolute atomic E-state index is 0.0732. The third-order valence-electron chi connectivity index (χ3n) is 4.99. The fraction of sp³-hybridized carbons (Fsp3) is 0.238. The van der Waals surface area contributed by atoms with Crippen molar-refractivity contribution in [2.75, 3.05) is 5.32 Å². The van der Waals surface area contributed by atoms with Gasteiger partial charge >= 0.3 is 0 Å². The number of fused-ring (bicyclic) bond motifs is 1. The molecule has 0 aliphatic heterocycles. The molecule has 4 rings (SSSR count). The van der Waals surface area contributed by atoms with Crippen molar-refractivity contribution in [1.29, 1.82) is 0 Å². The quantitative estimate of drug-likeness (QED) is 0.686. The second-order valence-electron chi connectivity index (χ2n) is 6.85. The second kappa shape index (κ2) is 7.72. The molecule has 1 unspecified atom stereocenters. The van der Waals surface area contributed by atoms with Gasteiger partial charge in [-0.05, 0) is 62.1 Å². The Bertz CT molecular complexity index is 1050. The average molecular weight is 378 g/mol. The maximum Gasteiger partial charge on any atom is 0.254 e. The van der Waals surface area contributed by atoms with E-state index in [0.29, 0.717) is 54.0 Å². The molecule has 1 aliphatic rings. The second-order valence-corrected chi connectivity index (χ2v) is 6.85. The lowest BCUT2D eigenvalue weighted by molar-refractivity contribution is -0.120. The molecule has 0 saturated heterocycles. The molecule has 7 heteroatoms. The molecule has 1 amide bonds. The van der Waals surface area contributed by atoms with Crippen LogP contribution < -0.4 is 10.9 Å². The van der Waals surface area contributed by atoms with Crippen molar-refractivity contribution in [2.45, 2.75) is 25.7 Å². The van der Waals surface area contributed by atoms with Crippen molar-refractivity contribution in [3.8, 4) is 11.4 Å². The van der Waals surface area contributed by atoms with Crippen LogP contribution in [0, 0.1) is 11.7 Å². The number of hydrogen-bond acceptors (Lipinski definition) is 4. The van der Waals surface area contributed by atoms with Crippen molar-refractivity contribution < 1.29 is 9.18 Å². The number of carbonyl (C=O) groups is 1. The smallest absolute Gasteiger partial charge is 0.254 e. The Morgan fingerprint density at radius 1 is 1.14 bits per heavy atom. The van der Waals surface area contributed by atoms with E-state index in [-0.39, 0.29) is 23.2 Å². The van der Waals surface area contributed by atoms with Crippen molar-refractivity contribution in [1.82, 2.24) is 15.0 Å². The summed E-state index contributed by atoms with van der Waals surface area (Å²) in [5.74, 6) is -0.204. The Labute approximate surface area is 160 Å². The molecule has 0 saturated carbocycles. The molecule has 6 nitrogen and oxygen atoms in total. The summed E-state index contributed by atoms with van der Waals surface area (Å²) in [6.45, 7) is 0. The molecular formula is C21H19FN4O2. The molecule has 0 bridgehead atoms. The number of nitrogens with one attached hydrogen (secondary N) is 2. The lowest BCUT2D eigenvalue weighted by Crippen LogP contribution is -2.23. The maximum atomic E-state index is 13.1. The van der Waals surface area contributed by atoms with E-state index in [1.54, 1.807) is 36.7 Å². The molecule has 28 heavy (non-hydrogen) atoms. The molecule has 0 spiro atoms. The number of H-pyrrole nitrogens is 1. The van der Waals surface area contributed by atoms with Crippen molar-refractivity contribution >= 4 is 11.6 Å².